The molecule has 2 N–H and O–H groups in total. The van der Waals surface area contributed by atoms with Gasteiger partial charge in [0.25, 0.3) is 5.91 Å². The molecular formula is C22H24N6O3S. The Bertz CT molecular complexity index is 1100. The van der Waals surface area contributed by atoms with Crippen molar-refractivity contribution in [2.75, 3.05) is 23.0 Å². The predicted octanol–water partition coefficient (Wildman–Crippen LogP) is 3.14. The zero-order chi connectivity index (χ0) is 22.3. The fourth-order valence-corrected chi connectivity index (χ4v) is 4.11. The summed E-state index contributed by atoms with van der Waals surface area (Å²) in [4.78, 5) is 25.3. The van der Waals surface area contributed by atoms with Crippen LogP contribution < -0.4 is 10.6 Å². The third kappa shape index (κ3) is 5.71. The highest BCUT2D eigenvalue weighted by molar-refractivity contribution is 7.99. The molecule has 32 heavy (non-hydrogen) atoms. The number of aryl methyl sites for hydroxylation is 1. The lowest BCUT2D eigenvalue weighted by Crippen LogP contribution is -2.20. The Kier molecular flexibility index (Phi) is 7.13. The molecule has 166 valence electrons. The second-order valence-electron chi connectivity index (χ2n) is 7.48. The second-order valence-corrected chi connectivity index (χ2v) is 8.43. The number of rotatable bonds is 8. The van der Waals surface area contributed by atoms with Crippen molar-refractivity contribution in [1.29, 1.82) is 0 Å². The average molecular weight is 453 g/mol. The monoisotopic (exact) mass is 452 g/mol. The van der Waals surface area contributed by atoms with E-state index in [-0.39, 0.29) is 23.7 Å². The van der Waals surface area contributed by atoms with Gasteiger partial charge < -0.3 is 15.4 Å². The van der Waals surface area contributed by atoms with Gasteiger partial charge >= 0.3 is 0 Å². The lowest BCUT2D eigenvalue weighted by atomic mass is 10.1. The molecule has 3 aromatic rings. The van der Waals surface area contributed by atoms with Gasteiger partial charge in [-0.1, -0.05) is 36.0 Å². The average Bonchev–Trinajstić information content (AvgIpc) is 3.45. The minimum atomic E-state index is -0.292. The summed E-state index contributed by atoms with van der Waals surface area (Å²) in [5.41, 5.74) is 2.57. The normalized spacial score (nSPS) is 15.5. The minimum Gasteiger partial charge on any atom is -0.376 e. The zero-order valence-electron chi connectivity index (χ0n) is 17.7. The summed E-state index contributed by atoms with van der Waals surface area (Å²) in [6.07, 6.45) is 2.12. The van der Waals surface area contributed by atoms with Crippen molar-refractivity contribution in [3.63, 3.8) is 0 Å². The smallest absolute Gasteiger partial charge is 0.257 e. The SMILES string of the molecule is Cc1cccc(NC(=O)c2ccccc2NC(=O)CSc2nnnn2C[C@H]2CCCO2)c1. The number of hydrogen-bond acceptors (Lipinski definition) is 7. The first-order chi connectivity index (χ1) is 15.6. The van der Waals surface area contributed by atoms with Crippen molar-refractivity contribution in [2.24, 2.45) is 0 Å². The number of benzene rings is 2. The summed E-state index contributed by atoms with van der Waals surface area (Å²) in [5.74, 6) is -0.433. The van der Waals surface area contributed by atoms with Crippen molar-refractivity contribution in [3.8, 4) is 0 Å². The lowest BCUT2D eigenvalue weighted by Gasteiger charge is -2.12. The number of amides is 2. The van der Waals surface area contributed by atoms with Crippen molar-refractivity contribution < 1.29 is 14.3 Å². The Morgan fingerprint density at radius 3 is 2.88 bits per heavy atom. The van der Waals surface area contributed by atoms with Crippen LogP contribution in [-0.4, -0.2) is 50.5 Å². The maximum Gasteiger partial charge on any atom is 0.257 e. The van der Waals surface area contributed by atoms with Gasteiger partial charge in [-0.25, -0.2) is 4.68 Å². The topological polar surface area (TPSA) is 111 Å². The number of nitrogens with one attached hydrogen (secondary N) is 2. The van der Waals surface area contributed by atoms with Gasteiger partial charge in [0.1, 0.15) is 0 Å². The van der Waals surface area contributed by atoms with Crippen molar-refractivity contribution in [3.05, 3.63) is 59.7 Å². The van der Waals surface area contributed by atoms with E-state index in [2.05, 4.69) is 26.2 Å². The molecule has 1 aliphatic rings. The van der Waals surface area contributed by atoms with E-state index in [9.17, 15) is 9.59 Å². The van der Waals surface area contributed by atoms with Gasteiger partial charge in [-0.2, -0.15) is 0 Å². The van der Waals surface area contributed by atoms with Crippen LogP contribution in [0, 0.1) is 6.92 Å². The first kappa shape index (κ1) is 22.0. The Hall–Kier alpha value is -3.24. The number of aromatic nitrogens is 4. The molecule has 0 saturated carbocycles. The van der Waals surface area contributed by atoms with E-state index in [0.29, 0.717) is 28.6 Å². The molecule has 1 aliphatic heterocycles. The highest BCUT2D eigenvalue weighted by Gasteiger charge is 2.20. The third-order valence-electron chi connectivity index (χ3n) is 4.95. The molecule has 1 aromatic heterocycles. The molecule has 4 rings (SSSR count). The Morgan fingerprint density at radius 2 is 2.06 bits per heavy atom. The number of tetrazole rings is 1. The lowest BCUT2D eigenvalue weighted by molar-refractivity contribution is -0.113. The molecule has 0 aliphatic carbocycles. The van der Waals surface area contributed by atoms with Crippen molar-refractivity contribution in [1.82, 2.24) is 20.2 Å². The standard InChI is InChI=1S/C22H24N6O3S/c1-15-6-4-7-16(12-15)23-21(30)18-9-2-3-10-19(18)24-20(29)14-32-22-25-26-27-28(22)13-17-8-5-11-31-17/h2-4,6-7,9-10,12,17H,5,8,11,13-14H2,1H3,(H,23,30)(H,24,29)/t17-/m1/s1. The third-order valence-corrected chi connectivity index (χ3v) is 5.91. The Morgan fingerprint density at radius 1 is 1.19 bits per heavy atom. The molecule has 2 aromatic carbocycles. The number of carbonyl (C=O) groups is 2. The van der Waals surface area contributed by atoms with Crippen LogP contribution in [0.5, 0.6) is 0 Å². The number of hydrogen-bond donors (Lipinski definition) is 2. The van der Waals surface area contributed by atoms with E-state index in [1.54, 1.807) is 28.9 Å². The predicted molar refractivity (Wildman–Crippen MR) is 122 cm³/mol. The molecular weight excluding hydrogens is 428 g/mol. The summed E-state index contributed by atoms with van der Waals surface area (Å²) in [7, 11) is 0. The number of para-hydroxylation sites is 1. The summed E-state index contributed by atoms with van der Waals surface area (Å²) in [6.45, 7) is 3.28. The molecule has 2 amide bonds. The summed E-state index contributed by atoms with van der Waals surface area (Å²) in [5, 5.41) is 18.0. The van der Waals surface area contributed by atoms with Crippen LogP contribution in [0.4, 0.5) is 11.4 Å². The molecule has 1 saturated heterocycles. The van der Waals surface area contributed by atoms with E-state index in [1.807, 2.05) is 31.2 Å². The largest absolute Gasteiger partial charge is 0.376 e. The van der Waals surface area contributed by atoms with E-state index in [4.69, 9.17) is 4.74 Å². The number of carbonyl (C=O) groups excluding carboxylic acids is 2. The van der Waals surface area contributed by atoms with Gasteiger partial charge in [0, 0.05) is 12.3 Å². The first-order valence-electron chi connectivity index (χ1n) is 10.4. The summed E-state index contributed by atoms with van der Waals surface area (Å²) in [6, 6.07) is 14.5. The molecule has 2 heterocycles. The van der Waals surface area contributed by atoms with E-state index in [0.717, 1.165) is 25.0 Å². The molecule has 9 nitrogen and oxygen atoms in total. The van der Waals surface area contributed by atoms with Gasteiger partial charge in [0.15, 0.2) is 0 Å². The second kappa shape index (κ2) is 10.4. The Labute approximate surface area is 189 Å². The number of anilines is 2. The van der Waals surface area contributed by atoms with Crippen LogP contribution in [0.25, 0.3) is 0 Å². The molecule has 0 radical (unpaired) electrons. The highest BCUT2D eigenvalue weighted by atomic mass is 32.2. The molecule has 1 atom stereocenters. The zero-order valence-corrected chi connectivity index (χ0v) is 18.5. The van der Waals surface area contributed by atoms with Gasteiger partial charge in [-0.15, -0.1) is 5.10 Å². The fraction of sp³-hybridized carbons (Fsp3) is 0.318. The van der Waals surface area contributed by atoms with E-state index >= 15 is 0 Å². The minimum absolute atomic E-state index is 0.102. The van der Waals surface area contributed by atoms with Crippen LogP contribution in [-0.2, 0) is 16.1 Å². The molecule has 0 bridgehead atoms. The number of nitrogens with zero attached hydrogens (tertiary/aromatic N) is 4. The molecule has 0 unspecified atom stereocenters. The van der Waals surface area contributed by atoms with Crippen LogP contribution in [0.3, 0.4) is 0 Å². The maximum atomic E-state index is 12.8. The molecule has 10 heteroatoms. The van der Waals surface area contributed by atoms with Gasteiger partial charge in [-0.3, -0.25) is 9.59 Å². The maximum absolute atomic E-state index is 12.8. The van der Waals surface area contributed by atoms with Gasteiger partial charge in [-0.05, 0) is 60.0 Å². The van der Waals surface area contributed by atoms with E-state index in [1.165, 1.54) is 11.8 Å². The first-order valence-corrected chi connectivity index (χ1v) is 11.3. The fourth-order valence-electron chi connectivity index (χ4n) is 3.42. The van der Waals surface area contributed by atoms with Crippen LogP contribution in [0.2, 0.25) is 0 Å². The number of thioether (sulfide) groups is 1. The molecule has 1 fully saturated rings. The van der Waals surface area contributed by atoms with Crippen molar-refractivity contribution >= 4 is 35.0 Å². The van der Waals surface area contributed by atoms with Crippen LogP contribution >= 0.6 is 11.8 Å². The summed E-state index contributed by atoms with van der Waals surface area (Å²) < 4.78 is 7.29. The highest BCUT2D eigenvalue weighted by Crippen LogP contribution is 2.21. The number of ether oxygens (including phenoxy) is 1. The molecule has 0 spiro atoms. The van der Waals surface area contributed by atoms with Gasteiger partial charge in [0.05, 0.1) is 29.7 Å². The van der Waals surface area contributed by atoms with Crippen molar-refractivity contribution in [2.45, 2.75) is 37.6 Å². The van der Waals surface area contributed by atoms with Crippen LogP contribution in [0.15, 0.2) is 53.7 Å². The quantitative estimate of drug-likeness (QED) is 0.505. The van der Waals surface area contributed by atoms with Crippen LogP contribution in [0.1, 0.15) is 28.8 Å². The van der Waals surface area contributed by atoms with Gasteiger partial charge in [0.2, 0.25) is 11.1 Å². The van der Waals surface area contributed by atoms with E-state index < -0.39 is 0 Å². The Balaban J connectivity index is 1.36. The summed E-state index contributed by atoms with van der Waals surface area (Å²) >= 11 is 1.24.